The number of hydrogen-bond acceptors (Lipinski definition) is 1. The van der Waals surface area contributed by atoms with Crippen molar-refractivity contribution in [2.24, 2.45) is 0 Å². The number of fused-ring (bicyclic) bond motifs is 1. The normalized spacial score (nSPS) is 17.1. The summed E-state index contributed by atoms with van der Waals surface area (Å²) in [6.07, 6.45) is 10.8. The summed E-state index contributed by atoms with van der Waals surface area (Å²) in [6.45, 7) is 14.0. The van der Waals surface area contributed by atoms with Crippen LogP contribution in [0.1, 0.15) is 118 Å². The predicted octanol–water partition coefficient (Wildman–Crippen LogP) is 8.42. The highest BCUT2D eigenvalue weighted by molar-refractivity contribution is 5.88. The Bertz CT molecular complexity index is 990. The zero-order valence-corrected chi connectivity index (χ0v) is 20.8. The molecular formula is C30H40O2. The van der Waals surface area contributed by atoms with Gasteiger partial charge in [-0.05, 0) is 89.0 Å². The van der Waals surface area contributed by atoms with Gasteiger partial charge in [0.1, 0.15) is 0 Å². The van der Waals surface area contributed by atoms with Crippen LogP contribution in [0.25, 0.3) is 11.6 Å². The molecule has 3 rings (SSSR count). The molecule has 0 saturated heterocycles. The van der Waals surface area contributed by atoms with Gasteiger partial charge in [-0.3, -0.25) is 0 Å². The van der Waals surface area contributed by atoms with Crippen molar-refractivity contribution in [2.45, 2.75) is 97.3 Å². The summed E-state index contributed by atoms with van der Waals surface area (Å²) < 4.78 is 0. The summed E-state index contributed by atoms with van der Waals surface area (Å²) in [6, 6.07) is 12.2. The number of aryl methyl sites for hydroxylation is 1. The molecule has 32 heavy (non-hydrogen) atoms. The Hall–Kier alpha value is -2.35. The topological polar surface area (TPSA) is 37.3 Å². The van der Waals surface area contributed by atoms with E-state index < -0.39 is 5.97 Å². The molecule has 1 aliphatic carbocycles. The first-order valence-electron chi connectivity index (χ1n) is 12.2. The zero-order chi connectivity index (χ0) is 23.5. The SMILES string of the molecule is CCCCCCc1cc2c(cc1/C(C)=C/c1ccc(C(=O)O)cc1)C(C)(C)CCC2(C)C. The first kappa shape index (κ1) is 24.3. The number of aromatic carboxylic acids is 1. The standard InChI is InChI=1S/C30H40O2/c1-7-8-9-10-11-24-19-26-27(30(5,6)17-16-29(26,3)4)20-25(24)21(2)18-22-12-14-23(15-13-22)28(31)32/h12-15,18-20H,7-11,16-17H2,1-6H3,(H,31,32)/b21-18+. The van der Waals surface area contributed by atoms with Gasteiger partial charge in [0.2, 0.25) is 0 Å². The minimum atomic E-state index is -0.883. The van der Waals surface area contributed by atoms with Crippen LogP contribution in [0.2, 0.25) is 0 Å². The van der Waals surface area contributed by atoms with Gasteiger partial charge in [-0.25, -0.2) is 4.79 Å². The molecule has 0 saturated carbocycles. The van der Waals surface area contributed by atoms with E-state index in [4.69, 9.17) is 0 Å². The molecule has 1 aliphatic rings. The number of unbranched alkanes of at least 4 members (excludes halogenated alkanes) is 3. The molecular weight excluding hydrogens is 392 g/mol. The lowest BCUT2D eigenvalue weighted by Gasteiger charge is -2.42. The van der Waals surface area contributed by atoms with E-state index in [0.29, 0.717) is 5.56 Å². The van der Waals surface area contributed by atoms with Crippen molar-refractivity contribution in [3.8, 4) is 0 Å². The molecule has 2 nitrogen and oxygen atoms in total. The summed E-state index contributed by atoms with van der Waals surface area (Å²) in [7, 11) is 0. The minimum Gasteiger partial charge on any atom is -0.478 e. The lowest BCUT2D eigenvalue weighted by Crippen LogP contribution is -2.34. The van der Waals surface area contributed by atoms with Gasteiger partial charge in [0, 0.05) is 0 Å². The van der Waals surface area contributed by atoms with Gasteiger partial charge in [0.05, 0.1) is 5.56 Å². The smallest absolute Gasteiger partial charge is 0.335 e. The fraction of sp³-hybridized carbons (Fsp3) is 0.500. The van der Waals surface area contributed by atoms with E-state index in [9.17, 15) is 9.90 Å². The molecule has 2 aromatic carbocycles. The van der Waals surface area contributed by atoms with Crippen LogP contribution in [0.4, 0.5) is 0 Å². The molecule has 2 heteroatoms. The van der Waals surface area contributed by atoms with Crippen molar-refractivity contribution in [1.82, 2.24) is 0 Å². The lowest BCUT2D eigenvalue weighted by molar-refractivity contribution is 0.0697. The van der Waals surface area contributed by atoms with Gasteiger partial charge in [0.15, 0.2) is 0 Å². The molecule has 0 fully saturated rings. The highest BCUT2D eigenvalue weighted by Crippen LogP contribution is 2.47. The molecule has 172 valence electrons. The van der Waals surface area contributed by atoms with Crippen LogP contribution < -0.4 is 0 Å². The second-order valence-corrected chi connectivity index (χ2v) is 10.9. The summed E-state index contributed by atoms with van der Waals surface area (Å²) in [5, 5.41) is 9.18. The van der Waals surface area contributed by atoms with Crippen molar-refractivity contribution >= 4 is 17.6 Å². The molecule has 0 aliphatic heterocycles. The van der Waals surface area contributed by atoms with Crippen LogP contribution in [0.15, 0.2) is 36.4 Å². The Labute approximate surface area is 194 Å². The number of hydrogen-bond donors (Lipinski definition) is 1. The van der Waals surface area contributed by atoms with E-state index in [1.807, 2.05) is 12.1 Å². The molecule has 0 unspecified atom stereocenters. The van der Waals surface area contributed by atoms with E-state index in [1.54, 1.807) is 12.1 Å². The average Bonchev–Trinajstić information content (AvgIpc) is 2.74. The molecule has 0 atom stereocenters. The Morgan fingerprint density at radius 3 is 2.09 bits per heavy atom. The van der Waals surface area contributed by atoms with Crippen molar-refractivity contribution in [3.05, 3.63) is 69.8 Å². The summed E-state index contributed by atoms with van der Waals surface area (Å²) >= 11 is 0. The average molecular weight is 433 g/mol. The van der Waals surface area contributed by atoms with E-state index in [-0.39, 0.29) is 10.8 Å². The number of rotatable bonds is 8. The number of carbonyl (C=O) groups is 1. The fourth-order valence-corrected chi connectivity index (χ4v) is 5.02. The summed E-state index contributed by atoms with van der Waals surface area (Å²) in [5.74, 6) is -0.883. The van der Waals surface area contributed by atoms with Gasteiger partial charge < -0.3 is 5.11 Å². The monoisotopic (exact) mass is 432 g/mol. The van der Waals surface area contributed by atoms with E-state index in [1.165, 1.54) is 66.4 Å². The van der Waals surface area contributed by atoms with Gasteiger partial charge in [-0.15, -0.1) is 0 Å². The van der Waals surface area contributed by atoms with Gasteiger partial charge >= 0.3 is 5.97 Å². The third kappa shape index (κ3) is 5.34. The Morgan fingerprint density at radius 1 is 0.938 bits per heavy atom. The molecule has 0 heterocycles. The molecule has 2 aromatic rings. The number of carboxylic acids is 1. The second kappa shape index (κ2) is 9.65. The summed E-state index contributed by atoms with van der Waals surface area (Å²) in [4.78, 5) is 11.2. The van der Waals surface area contributed by atoms with E-state index >= 15 is 0 Å². The summed E-state index contributed by atoms with van der Waals surface area (Å²) in [5.41, 5.74) is 8.86. The highest BCUT2D eigenvalue weighted by Gasteiger charge is 2.37. The van der Waals surface area contributed by atoms with E-state index in [0.717, 1.165) is 12.0 Å². The third-order valence-electron chi connectivity index (χ3n) is 7.34. The van der Waals surface area contributed by atoms with Crippen molar-refractivity contribution in [3.63, 3.8) is 0 Å². The molecule has 0 aromatic heterocycles. The Kier molecular flexibility index (Phi) is 7.32. The van der Waals surface area contributed by atoms with Gasteiger partial charge in [-0.2, -0.15) is 0 Å². The number of allylic oxidation sites excluding steroid dienone is 1. The zero-order valence-electron chi connectivity index (χ0n) is 20.8. The van der Waals surface area contributed by atoms with Crippen LogP contribution in [0, 0.1) is 0 Å². The molecule has 0 amide bonds. The van der Waals surface area contributed by atoms with Crippen LogP contribution in [-0.4, -0.2) is 11.1 Å². The van der Waals surface area contributed by atoms with Crippen LogP contribution >= 0.6 is 0 Å². The molecule has 0 radical (unpaired) electrons. The number of benzene rings is 2. The van der Waals surface area contributed by atoms with Crippen LogP contribution in [0.5, 0.6) is 0 Å². The molecule has 0 spiro atoms. The van der Waals surface area contributed by atoms with Gasteiger partial charge in [-0.1, -0.05) is 84.2 Å². The van der Waals surface area contributed by atoms with Crippen LogP contribution in [-0.2, 0) is 17.3 Å². The maximum Gasteiger partial charge on any atom is 0.335 e. The molecule has 0 bridgehead atoms. The van der Waals surface area contributed by atoms with Crippen molar-refractivity contribution in [2.75, 3.05) is 0 Å². The largest absolute Gasteiger partial charge is 0.478 e. The minimum absolute atomic E-state index is 0.184. The predicted molar refractivity (Wildman–Crippen MR) is 137 cm³/mol. The van der Waals surface area contributed by atoms with Crippen molar-refractivity contribution in [1.29, 1.82) is 0 Å². The first-order chi connectivity index (χ1) is 15.0. The number of carboxylic acid groups (broad SMARTS) is 1. The molecule has 1 N–H and O–H groups in total. The fourth-order valence-electron chi connectivity index (χ4n) is 5.02. The third-order valence-corrected chi connectivity index (χ3v) is 7.34. The maximum absolute atomic E-state index is 11.2. The van der Waals surface area contributed by atoms with E-state index in [2.05, 4.69) is 59.8 Å². The second-order valence-electron chi connectivity index (χ2n) is 10.9. The van der Waals surface area contributed by atoms with Gasteiger partial charge in [0.25, 0.3) is 0 Å². The van der Waals surface area contributed by atoms with Crippen LogP contribution in [0.3, 0.4) is 0 Å². The first-order valence-corrected chi connectivity index (χ1v) is 12.2. The highest BCUT2D eigenvalue weighted by atomic mass is 16.4. The lowest BCUT2D eigenvalue weighted by atomic mass is 9.62. The Balaban J connectivity index is 2.06. The Morgan fingerprint density at radius 2 is 1.53 bits per heavy atom. The van der Waals surface area contributed by atoms with Crippen molar-refractivity contribution < 1.29 is 9.90 Å². The maximum atomic E-state index is 11.2. The quantitative estimate of drug-likeness (QED) is 0.336.